The lowest BCUT2D eigenvalue weighted by molar-refractivity contribution is 0.0827. The number of hydrogen-bond acceptors (Lipinski definition) is 5. The van der Waals surface area contributed by atoms with E-state index in [1.54, 1.807) is 26.2 Å². The summed E-state index contributed by atoms with van der Waals surface area (Å²) >= 11 is 0. The number of hydrogen-bond donors (Lipinski definition) is 2. The van der Waals surface area contributed by atoms with Crippen molar-refractivity contribution in [1.82, 2.24) is 14.9 Å². The highest BCUT2D eigenvalue weighted by atomic mass is 16.3. The normalized spacial score (nSPS) is 12.3. The van der Waals surface area contributed by atoms with E-state index in [0.717, 1.165) is 43.2 Å². The lowest BCUT2D eigenvalue weighted by Gasteiger charge is -2.15. The first kappa shape index (κ1) is 19.1. The largest absolute Gasteiger partial charge is 0.396 e. The molecule has 6 heteroatoms. The van der Waals surface area contributed by atoms with Gasteiger partial charge >= 0.3 is 0 Å². The van der Waals surface area contributed by atoms with E-state index in [2.05, 4.69) is 16.9 Å². The monoisotopic (exact) mass is 344 g/mol. The molecule has 1 aromatic heterocycles. The molecule has 1 amide bonds. The molecule has 0 bridgehead atoms. The number of aryl methyl sites for hydroxylation is 1. The predicted octanol–water partition coefficient (Wildman–Crippen LogP) is 2.65. The smallest absolute Gasteiger partial charge is 0.253 e. The molecule has 0 aliphatic heterocycles. The second kappa shape index (κ2) is 8.76. The van der Waals surface area contributed by atoms with Crippen molar-refractivity contribution in [3.8, 4) is 0 Å². The van der Waals surface area contributed by atoms with E-state index in [0.29, 0.717) is 11.1 Å². The second-order valence-electron chi connectivity index (χ2n) is 6.69. The molecular weight excluding hydrogens is 316 g/mol. The summed E-state index contributed by atoms with van der Waals surface area (Å²) in [6, 6.07) is 5.45. The second-order valence-corrected chi connectivity index (χ2v) is 6.69. The van der Waals surface area contributed by atoms with Gasteiger partial charge in [0.25, 0.3) is 5.91 Å². The van der Waals surface area contributed by atoms with Crippen molar-refractivity contribution in [2.24, 2.45) is 5.92 Å². The van der Waals surface area contributed by atoms with E-state index in [1.165, 1.54) is 4.90 Å². The van der Waals surface area contributed by atoms with Gasteiger partial charge in [0.05, 0.1) is 11.2 Å². The third-order valence-electron chi connectivity index (χ3n) is 4.46. The maximum absolute atomic E-state index is 12.1. The SMILES string of the molecule is CCCC[C@H](CO)CCc1nc(N)nc2cc(C(=O)N(C)C)ccc12. The topological polar surface area (TPSA) is 92.3 Å². The van der Waals surface area contributed by atoms with E-state index < -0.39 is 0 Å². The minimum Gasteiger partial charge on any atom is -0.396 e. The van der Waals surface area contributed by atoms with Crippen molar-refractivity contribution in [1.29, 1.82) is 0 Å². The molecule has 0 radical (unpaired) electrons. The Hall–Kier alpha value is -2.21. The zero-order valence-electron chi connectivity index (χ0n) is 15.3. The van der Waals surface area contributed by atoms with E-state index in [1.807, 2.05) is 6.07 Å². The van der Waals surface area contributed by atoms with Gasteiger partial charge in [-0.3, -0.25) is 4.79 Å². The van der Waals surface area contributed by atoms with Crippen LogP contribution in [0.25, 0.3) is 10.9 Å². The third-order valence-corrected chi connectivity index (χ3v) is 4.46. The number of nitrogens with zero attached hydrogens (tertiary/aromatic N) is 3. The van der Waals surface area contributed by atoms with Gasteiger partial charge in [-0.15, -0.1) is 0 Å². The van der Waals surface area contributed by atoms with Crippen LogP contribution in [-0.4, -0.2) is 46.6 Å². The van der Waals surface area contributed by atoms with Gasteiger partial charge in [-0.1, -0.05) is 25.8 Å². The molecule has 2 rings (SSSR count). The standard InChI is InChI=1S/C19H28N4O2/c1-4-5-6-13(12-24)7-10-16-15-9-8-14(18(25)23(2)3)11-17(15)22-19(20)21-16/h8-9,11,13,24H,4-7,10,12H2,1-3H3,(H2,20,21,22)/t13-/m0/s1. The number of aliphatic hydroxyl groups excluding tert-OH is 1. The van der Waals surface area contributed by atoms with Crippen LogP contribution >= 0.6 is 0 Å². The number of unbranched alkanes of at least 4 members (excludes halogenated alkanes) is 1. The van der Waals surface area contributed by atoms with Crippen molar-refractivity contribution in [3.63, 3.8) is 0 Å². The zero-order valence-corrected chi connectivity index (χ0v) is 15.3. The van der Waals surface area contributed by atoms with Gasteiger partial charge in [-0.2, -0.15) is 0 Å². The van der Waals surface area contributed by atoms with Gasteiger partial charge in [0.15, 0.2) is 0 Å². The summed E-state index contributed by atoms with van der Waals surface area (Å²) in [7, 11) is 3.44. The van der Waals surface area contributed by atoms with Crippen molar-refractivity contribution < 1.29 is 9.90 Å². The first-order valence-electron chi connectivity index (χ1n) is 8.84. The molecule has 3 N–H and O–H groups in total. The minimum atomic E-state index is -0.0689. The van der Waals surface area contributed by atoms with Crippen molar-refractivity contribution in [3.05, 3.63) is 29.5 Å². The molecule has 0 aliphatic rings. The Labute approximate surface area is 149 Å². The maximum atomic E-state index is 12.1. The van der Waals surface area contributed by atoms with Crippen LogP contribution in [0.4, 0.5) is 5.95 Å². The molecule has 6 nitrogen and oxygen atoms in total. The van der Waals surface area contributed by atoms with Gasteiger partial charge in [0.2, 0.25) is 5.95 Å². The Balaban J connectivity index is 2.26. The molecule has 1 heterocycles. The number of fused-ring (bicyclic) bond motifs is 1. The predicted molar refractivity (Wildman–Crippen MR) is 100 cm³/mol. The van der Waals surface area contributed by atoms with Crippen molar-refractivity contribution in [2.45, 2.75) is 39.0 Å². The summed E-state index contributed by atoms with van der Waals surface area (Å²) in [5, 5.41) is 10.5. The number of nitrogens with two attached hydrogens (primary N) is 1. The quantitative estimate of drug-likeness (QED) is 0.768. The lowest BCUT2D eigenvalue weighted by Crippen LogP contribution is -2.21. The van der Waals surface area contributed by atoms with Gasteiger partial charge < -0.3 is 15.7 Å². The van der Waals surface area contributed by atoms with Gasteiger partial charge in [0, 0.05) is 31.7 Å². The molecule has 2 aromatic rings. The summed E-state index contributed by atoms with van der Waals surface area (Å²) in [4.78, 5) is 22.3. The van der Waals surface area contributed by atoms with E-state index in [-0.39, 0.29) is 24.4 Å². The van der Waals surface area contributed by atoms with Crippen molar-refractivity contribution in [2.75, 3.05) is 26.4 Å². The Morgan fingerprint density at radius 2 is 2.04 bits per heavy atom. The summed E-state index contributed by atoms with van der Waals surface area (Å²) in [6.45, 7) is 2.35. The van der Waals surface area contributed by atoms with Crippen LogP contribution in [0.3, 0.4) is 0 Å². The average Bonchev–Trinajstić information content (AvgIpc) is 2.60. The number of benzene rings is 1. The minimum absolute atomic E-state index is 0.0689. The number of anilines is 1. The lowest BCUT2D eigenvalue weighted by atomic mass is 9.95. The number of rotatable bonds is 8. The number of carbonyl (C=O) groups is 1. The van der Waals surface area contributed by atoms with Crippen LogP contribution in [0.2, 0.25) is 0 Å². The van der Waals surface area contributed by atoms with Crippen molar-refractivity contribution >= 4 is 22.8 Å². The van der Waals surface area contributed by atoms with Crippen LogP contribution in [-0.2, 0) is 6.42 Å². The molecule has 0 saturated carbocycles. The fraction of sp³-hybridized carbons (Fsp3) is 0.526. The number of nitrogen functional groups attached to an aromatic ring is 1. The summed E-state index contributed by atoms with van der Waals surface area (Å²) < 4.78 is 0. The van der Waals surface area contributed by atoms with Gasteiger partial charge in [-0.05, 0) is 37.3 Å². The molecule has 0 saturated heterocycles. The average molecular weight is 344 g/mol. The number of aromatic nitrogens is 2. The fourth-order valence-electron chi connectivity index (χ4n) is 2.96. The molecule has 1 atom stereocenters. The van der Waals surface area contributed by atoms with Crippen LogP contribution in [0.5, 0.6) is 0 Å². The molecule has 136 valence electrons. The zero-order chi connectivity index (χ0) is 18.4. The molecule has 25 heavy (non-hydrogen) atoms. The number of carbonyl (C=O) groups excluding carboxylic acids is 1. The van der Waals surface area contributed by atoms with E-state index in [9.17, 15) is 9.90 Å². The Morgan fingerprint density at radius 1 is 1.28 bits per heavy atom. The Kier molecular flexibility index (Phi) is 6.70. The molecule has 1 aromatic carbocycles. The summed E-state index contributed by atoms with van der Waals surface area (Å²) in [5.74, 6) is 0.424. The van der Waals surface area contributed by atoms with Crippen LogP contribution < -0.4 is 5.73 Å². The summed E-state index contributed by atoms with van der Waals surface area (Å²) in [6.07, 6.45) is 4.86. The molecule has 0 aliphatic carbocycles. The summed E-state index contributed by atoms with van der Waals surface area (Å²) in [5.41, 5.74) is 8.00. The molecular formula is C19H28N4O2. The van der Waals surface area contributed by atoms with E-state index in [4.69, 9.17) is 5.73 Å². The van der Waals surface area contributed by atoms with Gasteiger partial charge in [0.1, 0.15) is 0 Å². The first-order valence-corrected chi connectivity index (χ1v) is 8.84. The van der Waals surface area contributed by atoms with E-state index >= 15 is 0 Å². The molecule has 0 unspecified atom stereocenters. The van der Waals surface area contributed by atoms with Gasteiger partial charge in [-0.25, -0.2) is 9.97 Å². The fourth-order valence-corrected chi connectivity index (χ4v) is 2.96. The number of amides is 1. The third kappa shape index (κ3) is 4.89. The highest BCUT2D eigenvalue weighted by molar-refractivity contribution is 5.98. The Morgan fingerprint density at radius 3 is 2.68 bits per heavy atom. The molecule has 0 spiro atoms. The highest BCUT2D eigenvalue weighted by Crippen LogP contribution is 2.23. The number of aliphatic hydroxyl groups is 1. The highest BCUT2D eigenvalue weighted by Gasteiger charge is 2.14. The first-order chi connectivity index (χ1) is 12.0. The maximum Gasteiger partial charge on any atom is 0.253 e. The van der Waals surface area contributed by atoms with Crippen LogP contribution in [0.15, 0.2) is 18.2 Å². The van der Waals surface area contributed by atoms with Crippen LogP contribution in [0.1, 0.15) is 48.7 Å². The molecule has 0 fully saturated rings. The van der Waals surface area contributed by atoms with Crippen LogP contribution in [0, 0.1) is 5.92 Å². The Bertz CT molecular complexity index is 731.